The molecule has 0 fully saturated rings. The lowest BCUT2D eigenvalue weighted by molar-refractivity contribution is 0.415. The van der Waals surface area contributed by atoms with E-state index in [1.165, 1.54) is 6.07 Å². The fraction of sp³-hybridized carbons (Fsp3) is 0.200. The molecule has 2 nitrogen and oxygen atoms in total. The van der Waals surface area contributed by atoms with Crippen molar-refractivity contribution >= 4 is 11.6 Å². The van der Waals surface area contributed by atoms with E-state index in [1.54, 1.807) is 31.4 Å². The van der Waals surface area contributed by atoms with Gasteiger partial charge in [0.05, 0.1) is 12.1 Å². The zero-order valence-electron chi connectivity index (χ0n) is 10.8. The lowest BCUT2D eigenvalue weighted by atomic mass is 10.0. The Morgan fingerprint density at radius 2 is 2.00 bits per heavy atom. The molecule has 0 saturated carbocycles. The maximum Gasteiger partial charge on any atom is 0.138 e. The van der Waals surface area contributed by atoms with Crippen molar-refractivity contribution in [3.05, 3.63) is 52.8 Å². The minimum absolute atomic E-state index is 0.260. The van der Waals surface area contributed by atoms with Crippen molar-refractivity contribution in [2.45, 2.75) is 6.54 Å². The molecule has 0 aliphatic carbocycles. The fourth-order valence-corrected chi connectivity index (χ4v) is 2.13. The van der Waals surface area contributed by atoms with Gasteiger partial charge in [0.2, 0.25) is 0 Å². The molecule has 0 unspecified atom stereocenters. The maximum absolute atomic E-state index is 13.9. The lowest BCUT2D eigenvalue weighted by Crippen LogP contribution is -2.05. The Morgan fingerprint density at radius 3 is 2.68 bits per heavy atom. The maximum atomic E-state index is 13.9. The number of nitrogens with one attached hydrogen (secondary N) is 1. The summed E-state index contributed by atoms with van der Waals surface area (Å²) in [7, 11) is 3.40. The first kappa shape index (κ1) is 13.8. The molecule has 0 amide bonds. The van der Waals surface area contributed by atoms with Crippen molar-refractivity contribution in [2.24, 2.45) is 0 Å². The van der Waals surface area contributed by atoms with Crippen LogP contribution >= 0.6 is 11.6 Å². The van der Waals surface area contributed by atoms with Gasteiger partial charge >= 0.3 is 0 Å². The van der Waals surface area contributed by atoms with Gasteiger partial charge < -0.3 is 10.1 Å². The summed E-state index contributed by atoms with van der Waals surface area (Å²) in [6, 6.07) is 10.3. The molecule has 0 atom stereocenters. The van der Waals surface area contributed by atoms with E-state index in [1.807, 2.05) is 13.1 Å². The van der Waals surface area contributed by atoms with Crippen LogP contribution in [0.5, 0.6) is 5.75 Å². The monoisotopic (exact) mass is 279 g/mol. The van der Waals surface area contributed by atoms with E-state index >= 15 is 0 Å². The van der Waals surface area contributed by atoms with Gasteiger partial charge in [-0.2, -0.15) is 0 Å². The number of halogens is 2. The van der Waals surface area contributed by atoms with Crippen LogP contribution in [0.1, 0.15) is 5.56 Å². The largest absolute Gasteiger partial charge is 0.495 e. The number of benzene rings is 2. The smallest absolute Gasteiger partial charge is 0.138 e. The molecule has 0 radical (unpaired) electrons. The Hall–Kier alpha value is -1.58. The van der Waals surface area contributed by atoms with Gasteiger partial charge in [0.1, 0.15) is 11.6 Å². The van der Waals surface area contributed by atoms with E-state index in [4.69, 9.17) is 16.3 Å². The Balaban J connectivity index is 2.48. The molecule has 0 aliphatic heterocycles. The quantitative estimate of drug-likeness (QED) is 0.917. The van der Waals surface area contributed by atoms with Crippen LogP contribution in [0, 0.1) is 5.82 Å². The van der Waals surface area contributed by atoms with Crippen LogP contribution < -0.4 is 10.1 Å². The molecule has 100 valence electrons. The molecule has 0 spiro atoms. The molecule has 0 aliphatic rings. The van der Waals surface area contributed by atoms with Gasteiger partial charge in [-0.1, -0.05) is 23.7 Å². The first-order valence-electron chi connectivity index (χ1n) is 5.92. The van der Waals surface area contributed by atoms with E-state index < -0.39 is 0 Å². The summed E-state index contributed by atoms with van der Waals surface area (Å²) in [5.41, 5.74) is 2.31. The second-order valence-corrected chi connectivity index (χ2v) is 4.60. The van der Waals surface area contributed by atoms with Gasteiger partial charge in [0, 0.05) is 12.1 Å². The number of ether oxygens (including phenoxy) is 1. The van der Waals surface area contributed by atoms with E-state index in [2.05, 4.69) is 5.32 Å². The highest BCUT2D eigenvalue weighted by Gasteiger charge is 2.09. The Bertz CT molecular complexity index is 586. The van der Waals surface area contributed by atoms with Crippen LogP contribution in [0.25, 0.3) is 11.1 Å². The highest BCUT2D eigenvalue weighted by atomic mass is 35.5. The van der Waals surface area contributed by atoms with Crippen LogP contribution in [0.2, 0.25) is 5.02 Å². The van der Waals surface area contributed by atoms with Gasteiger partial charge in [-0.05, 0) is 42.4 Å². The normalized spacial score (nSPS) is 10.5. The van der Waals surface area contributed by atoms with Crippen molar-refractivity contribution in [3.63, 3.8) is 0 Å². The third kappa shape index (κ3) is 3.06. The second-order valence-electron chi connectivity index (χ2n) is 4.19. The molecule has 1 N–H and O–H groups in total. The molecular weight excluding hydrogens is 265 g/mol. The third-order valence-electron chi connectivity index (χ3n) is 2.87. The van der Waals surface area contributed by atoms with Crippen molar-refractivity contribution in [1.29, 1.82) is 0 Å². The molecule has 0 heterocycles. The molecule has 0 saturated heterocycles. The standard InChI is InChI=1S/C15H15ClFNO/c1-18-9-10-3-6-14(17)12(7-10)11-4-5-13(16)15(8-11)19-2/h3-8,18H,9H2,1-2H3. The molecule has 0 bridgehead atoms. The summed E-state index contributed by atoms with van der Waals surface area (Å²) in [4.78, 5) is 0. The van der Waals surface area contributed by atoms with Crippen molar-refractivity contribution in [1.82, 2.24) is 5.32 Å². The van der Waals surface area contributed by atoms with Crippen LogP contribution in [0.15, 0.2) is 36.4 Å². The van der Waals surface area contributed by atoms with Gasteiger partial charge in [0.15, 0.2) is 0 Å². The first-order valence-corrected chi connectivity index (χ1v) is 6.30. The van der Waals surface area contributed by atoms with Gasteiger partial charge in [-0.25, -0.2) is 4.39 Å². The highest BCUT2D eigenvalue weighted by Crippen LogP contribution is 2.32. The van der Waals surface area contributed by atoms with E-state index in [0.717, 1.165) is 11.1 Å². The summed E-state index contributed by atoms with van der Waals surface area (Å²) < 4.78 is 19.1. The Kier molecular flexibility index (Phi) is 4.40. The Morgan fingerprint density at radius 1 is 1.21 bits per heavy atom. The predicted octanol–water partition coefficient (Wildman–Crippen LogP) is 3.87. The molecule has 4 heteroatoms. The summed E-state index contributed by atoms with van der Waals surface area (Å²) in [5.74, 6) is 0.279. The van der Waals surface area contributed by atoms with Crippen molar-refractivity contribution in [3.8, 4) is 16.9 Å². The molecular formula is C15H15ClFNO. The summed E-state index contributed by atoms with van der Waals surface area (Å²) in [5, 5.41) is 3.56. The van der Waals surface area contributed by atoms with Gasteiger partial charge in [-0.15, -0.1) is 0 Å². The van der Waals surface area contributed by atoms with Gasteiger partial charge in [-0.3, -0.25) is 0 Å². The number of rotatable bonds is 4. The molecule has 0 aromatic heterocycles. The topological polar surface area (TPSA) is 21.3 Å². The molecule has 19 heavy (non-hydrogen) atoms. The van der Waals surface area contributed by atoms with Crippen LogP contribution in [0.4, 0.5) is 4.39 Å². The molecule has 2 aromatic carbocycles. The Labute approximate surface area is 117 Å². The average molecular weight is 280 g/mol. The average Bonchev–Trinajstić information content (AvgIpc) is 2.42. The molecule has 2 aromatic rings. The van der Waals surface area contributed by atoms with Crippen molar-refractivity contribution < 1.29 is 9.13 Å². The summed E-state index contributed by atoms with van der Waals surface area (Å²) in [6.07, 6.45) is 0. The lowest BCUT2D eigenvalue weighted by Gasteiger charge is -2.09. The van der Waals surface area contributed by atoms with Crippen LogP contribution in [-0.4, -0.2) is 14.2 Å². The predicted molar refractivity (Wildman–Crippen MR) is 76.2 cm³/mol. The van der Waals surface area contributed by atoms with Crippen LogP contribution in [0.3, 0.4) is 0 Å². The first-order chi connectivity index (χ1) is 9.15. The highest BCUT2D eigenvalue weighted by molar-refractivity contribution is 6.32. The molecule has 2 rings (SSSR count). The van der Waals surface area contributed by atoms with E-state index in [9.17, 15) is 4.39 Å². The number of hydrogen-bond acceptors (Lipinski definition) is 2. The van der Waals surface area contributed by atoms with E-state index in [0.29, 0.717) is 22.9 Å². The fourth-order valence-electron chi connectivity index (χ4n) is 1.94. The zero-order valence-corrected chi connectivity index (χ0v) is 11.6. The number of hydrogen-bond donors (Lipinski definition) is 1. The van der Waals surface area contributed by atoms with E-state index in [-0.39, 0.29) is 5.82 Å². The van der Waals surface area contributed by atoms with Gasteiger partial charge in [0.25, 0.3) is 0 Å². The minimum Gasteiger partial charge on any atom is -0.495 e. The number of methoxy groups -OCH3 is 1. The summed E-state index contributed by atoms with van der Waals surface area (Å²) >= 11 is 5.98. The zero-order chi connectivity index (χ0) is 13.8. The second kappa shape index (κ2) is 6.04. The third-order valence-corrected chi connectivity index (χ3v) is 3.19. The van der Waals surface area contributed by atoms with Crippen LogP contribution in [-0.2, 0) is 6.54 Å². The summed E-state index contributed by atoms with van der Waals surface area (Å²) in [6.45, 7) is 0.692. The SMILES string of the molecule is CNCc1ccc(F)c(-c2ccc(Cl)c(OC)c2)c1. The van der Waals surface area contributed by atoms with Crippen molar-refractivity contribution in [2.75, 3.05) is 14.2 Å². The minimum atomic E-state index is -0.260.